The van der Waals surface area contributed by atoms with Crippen LogP contribution in [0.25, 0.3) is 0 Å². The lowest BCUT2D eigenvalue weighted by molar-refractivity contribution is 0.207. The maximum Gasteiger partial charge on any atom is 0.123 e. The molecule has 0 aliphatic rings. The third kappa shape index (κ3) is 4.73. The Bertz CT molecular complexity index is 352. The van der Waals surface area contributed by atoms with Crippen molar-refractivity contribution in [3.8, 4) is 5.75 Å². The predicted molar refractivity (Wildman–Crippen MR) is 68.8 cm³/mol. The highest BCUT2D eigenvalue weighted by Gasteiger charge is 2.10. The van der Waals surface area contributed by atoms with Crippen LogP contribution < -0.4 is 10.5 Å². The average Bonchev–Trinajstić information content (AvgIpc) is 2.21. The van der Waals surface area contributed by atoms with Crippen molar-refractivity contribution in [3.63, 3.8) is 0 Å². The third-order valence-electron chi connectivity index (χ3n) is 2.59. The molecule has 0 aliphatic carbocycles. The smallest absolute Gasteiger partial charge is 0.123 e. The van der Waals surface area contributed by atoms with Crippen molar-refractivity contribution < 1.29 is 9.13 Å². The van der Waals surface area contributed by atoms with Gasteiger partial charge in [0, 0.05) is 6.04 Å². The van der Waals surface area contributed by atoms with E-state index in [4.69, 9.17) is 10.5 Å². The fraction of sp³-hybridized carbons (Fsp3) is 0.571. The molecule has 0 radical (unpaired) electrons. The average molecular weight is 239 g/mol. The zero-order valence-electron chi connectivity index (χ0n) is 10.9. The molecule has 2 nitrogen and oxygen atoms in total. The number of ether oxygens (including phenoxy) is 1. The second kappa shape index (κ2) is 6.60. The molecular formula is C14H22FNO. The second-order valence-corrected chi connectivity index (χ2v) is 4.65. The minimum Gasteiger partial charge on any atom is -0.490 e. The van der Waals surface area contributed by atoms with Crippen LogP contribution in [0.4, 0.5) is 4.39 Å². The molecule has 2 N–H and O–H groups in total. The van der Waals surface area contributed by atoms with Crippen molar-refractivity contribution >= 4 is 0 Å². The molecule has 0 heterocycles. The lowest BCUT2D eigenvalue weighted by atomic mass is 10.1. The third-order valence-corrected chi connectivity index (χ3v) is 2.59. The number of benzene rings is 1. The standard InChI is InChI=1S/C14H22FNO/c1-4-5-11(3)17-14-7-6-13(15)9-12(14)8-10(2)16/h6-7,9-11H,4-5,8,16H2,1-3H3. The summed E-state index contributed by atoms with van der Waals surface area (Å²) in [5.41, 5.74) is 6.60. The summed E-state index contributed by atoms with van der Waals surface area (Å²) in [7, 11) is 0. The van der Waals surface area contributed by atoms with Crippen LogP contribution in [0.3, 0.4) is 0 Å². The maximum atomic E-state index is 13.2. The Kier molecular flexibility index (Phi) is 5.42. The van der Waals surface area contributed by atoms with E-state index >= 15 is 0 Å². The molecule has 0 amide bonds. The van der Waals surface area contributed by atoms with Crippen molar-refractivity contribution in [2.45, 2.75) is 52.2 Å². The zero-order chi connectivity index (χ0) is 12.8. The predicted octanol–water partition coefficient (Wildman–Crippen LogP) is 3.28. The van der Waals surface area contributed by atoms with Crippen molar-refractivity contribution in [1.29, 1.82) is 0 Å². The Hall–Kier alpha value is -1.09. The highest BCUT2D eigenvalue weighted by molar-refractivity contribution is 5.34. The Morgan fingerprint density at radius 2 is 2.06 bits per heavy atom. The van der Waals surface area contributed by atoms with E-state index in [0.717, 1.165) is 24.2 Å². The number of hydrogen-bond donors (Lipinski definition) is 1. The number of rotatable bonds is 6. The van der Waals surface area contributed by atoms with Gasteiger partial charge < -0.3 is 10.5 Å². The van der Waals surface area contributed by atoms with Gasteiger partial charge in [0.05, 0.1) is 6.10 Å². The molecule has 0 spiro atoms. The summed E-state index contributed by atoms with van der Waals surface area (Å²) in [5.74, 6) is 0.515. The molecule has 2 atom stereocenters. The fourth-order valence-electron chi connectivity index (χ4n) is 1.85. The Morgan fingerprint density at radius 3 is 2.65 bits per heavy atom. The van der Waals surface area contributed by atoms with Crippen molar-refractivity contribution in [2.24, 2.45) is 5.73 Å². The molecule has 0 aromatic heterocycles. The SMILES string of the molecule is CCCC(C)Oc1ccc(F)cc1CC(C)N. The topological polar surface area (TPSA) is 35.2 Å². The molecule has 2 unspecified atom stereocenters. The van der Waals surface area contributed by atoms with E-state index in [2.05, 4.69) is 6.92 Å². The molecule has 17 heavy (non-hydrogen) atoms. The van der Waals surface area contributed by atoms with E-state index in [9.17, 15) is 4.39 Å². The first-order chi connectivity index (χ1) is 8.02. The molecule has 0 saturated carbocycles. The van der Waals surface area contributed by atoms with Crippen LogP contribution in [-0.4, -0.2) is 12.1 Å². The van der Waals surface area contributed by atoms with Gasteiger partial charge >= 0.3 is 0 Å². The van der Waals surface area contributed by atoms with Gasteiger partial charge in [0.1, 0.15) is 11.6 Å². The molecule has 0 saturated heterocycles. The van der Waals surface area contributed by atoms with Gasteiger partial charge in [-0.2, -0.15) is 0 Å². The molecule has 1 aromatic rings. The van der Waals surface area contributed by atoms with E-state index < -0.39 is 0 Å². The number of nitrogens with two attached hydrogens (primary N) is 1. The van der Waals surface area contributed by atoms with E-state index in [-0.39, 0.29) is 18.0 Å². The monoisotopic (exact) mass is 239 g/mol. The summed E-state index contributed by atoms with van der Waals surface area (Å²) in [6.07, 6.45) is 2.85. The van der Waals surface area contributed by atoms with Crippen LogP contribution in [0.2, 0.25) is 0 Å². The summed E-state index contributed by atoms with van der Waals surface area (Å²) in [5, 5.41) is 0. The normalized spacial score (nSPS) is 14.4. The van der Waals surface area contributed by atoms with Gasteiger partial charge in [-0.25, -0.2) is 4.39 Å². The molecule has 96 valence electrons. The number of halogens is 1. The largest absolute Gasteiger partial charge is 0.490 e. The maximum absolute atomic E-state index is 13.2. The Morgan fingerprint density at radius 1 is 1.35 bits per heavy atom. The van der Waals surface area contributed by atoms with Gasteiger partial charge in [-0.1, -0.05) is 13.3 Å². The van der Waals surface area contributed by atoms with E-state index in [1.165, 1.54) is 12.1 Å². The van der Waals surface area contributed by atoms with Gasteiger partial charge in [0.2, 0.25) is 0 Å². The first kappa shape index (κ1) is 14.0. The first-order valence-electron chi connectivity index (χ1n) is 6.23. The van der Waals surface area contributed by atoms with Crippen LogP contribution in [-0.2, 0) is 6.42 Å². The summed E-state index contributed by atoms with van der Waals surface area (Å²) in [6.45, 7) is 6.06. The van der Waals surface area contributed by atoms with E-state index in [1.54, 1.807) is 6.07 Å². The lowest BCUT2D eigenvalue weighted by Crippen LogP contribution is -2.19. The van der Waals surface area contributed by atoms with Crippen LogP contribution >= 0.6 is 0 Å². The summed E-state index contributed by atoms with van der Waals surface area (Å²) in [6, 6.07) is 4.63. The molecule has 3 heteroatoms. The molecular weight excluding hydrogens is 217 g/mol. The minimum absolute atomic E-state index is 0.000585. The first-order valence-corrected chi connectivity index (χ1v) is 6.23. The van der Waals surface area contributed by atoms with E-state index in [1.807, 2.05) is 13.8 Å². The minimum atomic E-state index is -0.240. The second-order valence-electron chi connectivity index (χ2n) is 4.65. The Balaban J connectivity index is 2.82. The van der Waals surface area contributed by atoms with Crippen LogP contribution in [0.15, 0.2) is 18.2 Å². The molecule has 0 fully saturated rings. The highest BCUT2D eigenvalue weighted by atomic mass is 19.1. The van der Waals surface area contributed by atoms with Gasteiger partial charge in [0.15, 0.2) is 0 Å². The van der Waals surface area contributed by atoms with E-state index in [0.29, 0.717) is 6.42 Å². The molecule has 0 aliphatic heterocycles. The van der Waals surface area contributed by atoms with Crippen molar-refractivity contribution in [1.82, 2.24) is 0 Å². The number of hydrogen-bond acceptors (Lipinski definition) is 2. The van der Waals surface area contributed by atoms with Gasteiger partial charge in [-0.3, -0.25) is 0 Å². The highest BCUT2D eigenvalue weighted by Crippen LogP contribution is 2.23. The molecule has 1 rings (SSSR count). The van der Waals surface area contributed by atoms with Crippen LogP contribution in [0.1, 0.15) is 39.2 Å². The van der Waals surface area contributed by atoms with Crippen molar-refractivity contribution in [2.75, 3.05) is 0 Å². The summed E-state index contributed by atoms with van der Waals surface area (Å²) in [4.78, 5) is 0. The van der Waals surface area contributed by atoms with Gasteiger partial charge in [-0.15, -0.1) is 0 Å². The van der Waals surface area contributed by atoms with Gasteiger partial charge in [0.25, 0.3) is 0 Å². The van der Waals surface area contributed by atoms with Crippen LogP contribution in [0, 0.1) is 5.82 Å². The lowest BCUT2D eigenvalue weighted by Gasteiger charge is -2.18. The quantitative estimate of drug-likeness (QED) is 0.826. The molecule has 0 bridgehead atoms. The summed E-state index contributed by atoms with van der Waals surface area (Å²) < 4.78 is 19.0. The Labute approximate surface area is 103 Å². The fourth-order valence-corrected chi connectivity index (χ4v) is 1.85. The summed E-state index contributed by atoms with van der Waals surface area (Å²) >= 11 is 0. The zero-order valence-corrected chi connectivity index (χ0v) is 10.9. The molecule has 1 aromatic carbocycles. The van der Waals surface area contributed by atoms with Crippen LogP contribution in [0.5, 0.6) is 5.75 Å². The van der Waals surface area contributed by atoms with Crippen molar-refractivity contribution in [3.05, 3.63) is 29.6 Å². The van der Waals surface area contributed by atoms with Gasteiger partial charge in [-0.05, 0) is 50.5 Å².